The molecule has 3 rings (SSSR count). The average Bonchev–Trinajstić information content (AvgIpc) is 2.87. The Morgan fingerprint density at radius 1 is 1.15 bits per heavy atom. The molecule has 2 aliphatic heterocycles. The van der Waals surface area contributed by atoms with Crippen LogP contribution in [0.2, 0.25) is 5.02 Å². The highest BCUT2D eigenvalue weighted by Crippen LogP contribution is 2.38. The Labute approximate surface area is 161 Å². The molecule has 0 spiro atoms. The summed E-state index contributed by atoms with van der Waals surface area (Å²) in [5.41, 5.74) is 0.811. The summed E-state index contributed by atoms with van der Waals surface area (Å²) < 4.78 is 11.3. The van der Waals surface area contributed by atoms with Crippen molar-refractivity contribution in [3.8, 4) is 11.5 Å². The molecule has 0 bridgehead atoms. The minimum atomic E-state index is -0.0293. The van der Waals surface area contributed by atoms with Gasteiger partial charge in [0, 0.05) is 18.5 Å². The van der Waals surface area contributed by atoms with Crippen LogP contribution in [0.5, 0.6) is 11.5 Å². The first-order valence-corrected chi connectivity index (χ1v) is 9.93. The van der Waals surface area contributed by atoms with Crippen LogP contribution in [-0.2, 0) is 11.2 Å². The molecule has 1 aromatic carbocycles. The fourth-order valence-corrected chi connectivity index (χ4v) is 3.85. The lowest BCUT2D eigenvalue weighted by Gasteiger charge is -2.41. The molecule has 5 nitrogen and oxygen atoms in total. The van der Waals surface area contributed by atoms with Gasteiger partial charge in [-0.25, -0.2) is 0 Å². The first kappa shape index (κ1) is 19.3. The second kappa shape index (κ2) is 8.49. The third-order valence-electron chi connectivity index (χ3n) is 5.16. The predicted octanol–water partition coefficient (Wildman–Crippen LogP) is 3.42. The average molecular weight is 381 g/mol. The van der Waals surface area contributed by atoms with Crippen LogP contribution in [0.15, 0.2) is 12.1 Å². The molecule has 2 aliphatic rings. The minimum absolute atomic E-state index is 0.000594. The lowest BCUT2D eigenvalue weighted by molar-refractivity contribution is -0.121. The number of amides is 1. The number of carbonyl (C=O) groups is 1. The van der Waals surface area contributed by atoms with Gasteiger partial charge in [0.1, 0.15) is 0 Å². The summed E-state index contributed by atoms with van der Waals surface area (Å²) in [6.07, 6.45) is 4.91. The third kappa shape index (κ3) is 4.83. The van der Waals surface area contributed by atoms with Crippen LogP contribution in [-0.4, -0.2) is 49.2 Å². The number of fused-ring (bicyclic) bond motifs is 1. The Morgan fingerprint density at radius 3 is 2.65 bits per heavy atom. The number of benzene rings is 1. The first-order valence-electron chi connectivity index (χ1n) is 9.55. The van der Waals surface area contributed by atoms with Crippen molar-refractivity contribution in [3.63, 3.8) is 0 Å². The number of rotatable bonds is 5. The highest BCUT2D eigenvalue weighted by atomic mass is 35.5. The van der Waals surface area contributed by atoms with E-state index < -0.39 is 0 Å². The molecule has 1 N–H and O–H groups in total. The highest BCUT2D eigenvalue weighted by Gasteiger charge is 2.28. The van der Waals surface area contributed by atoms with Crippen LogP contribution in [0.4, 0.5) is 0 Å². The number of nitrogens with zero attached hydrogens (tertiary/aromatic N) is 1. The molecule has 2 heterocycles. The fourth-order valence-electron chi connectivity index (χ4n) is 3.56. The predicted molar refractivity (Wildman–Crippen MR) is 103 cm³/mol. The Balaban J connectivity index is 1.58. The molecule has 144 valence electrons. The van der Waals surface area contributed by atoms with Crippen molar-refractivity contribution in [2.75, 3.05) is 32.8 Å². The highest BCUT2D eigenvalue weighted by molar-refractivity contribution is 6.32. The SMILES string of the molecule is CC(C)(CNC(=O)Cc1cc(Cl)c2c(c1)OCCCO2)N1CCCCC1. The number of likely N-dealkylation sites (tertiary alicyclic amines) is 1. The molecule has 0 unspecified atom stereocenters. The number of ether oxygens (including phenoxy) is 2. The van der Waals surface area contributed by atoms with Crippen molar-refractivity contribution in [1.29, 1.82) is 0 Å². The molecule has 0 atom stereocenters. The van der Waals surface area contributed by atoms with Crippen molar-refractivity contribution in [2.45, 2.75) is 51.5 Å². The van der Waals surface area contributed by atoms with Gasteiger partial charge in [0.2, 0.25) is 5.91 Å². The molecule has 0 aromatic heterocycles. The molecular formula is C20H29ClN2O3. The normalized spacial score (nSPS) is 18.3. The van der Waals surface area contributed by atoms with Crippen LogP contribution < -0.4 is 14.8 Å². The fraction of sp³-hybridized carbons (Fsp3) is 0.650. The summed E-state index contributed by atoms with van der Waals surface area (Å²) >= 11 is 6.31. The Hall–Kier alpha value is -1.46. The van der Waals surface area contributed by atoms with Crippen molar-refractivity contribution < 1.29 is 14.3 Å². The molecule has 1 amide bonds. The Bertz CT molecular complexity index is 642. The van der Waals surface area contributed by atoms with E-state index >= 15 is 0 Å². The van der Waals surface area contributed by atoms with Gasteiger partial charge in [0.15, 0.2) is 11.5 Å². The number of halogens is 1. The quantitative estimate of drug-likeness (QED) is 0.850. The molecule has 1 aromatic rings. The number of nitrogens with one attached hydrogen (secondary N) is 1. The summed E-state index contributed by atoms with van der Waals surface area (Å²) in [6.45, 7) is 8.46. The van der Waals surface area contributed by atoms with Crippen LogP contribution in [0.1, 0.15) is 45.1 Å². The summed E-state index contributed by atoms with van der Waals surface area (Å²) in [5, 5.41) is 3.59. The maximum absolute atomic E-state index is 12.4. The van der Waals surface area contributed by atoms with Crippen molar-refractivity contribution in [1.82, 2.24) is 10.2 Å². The zero-order valence-corrected chi connectivity index (χ0v) is 16.5. The largest absolute Gasteiger partial charge is 0.489 e. The van der Waals surface area contributed by atoms with Crippen molar-refractivity contribution in [2.24, 2.45) is 0 Å². The van der Waals surface area contributed by atoms with E-state index in [-0.39, 0.29) is 17.9 Å². The lowest BCUT2D eigenvalue weighted by Crippen LogP contribution is -2.53. The third-order valence-corrected chi connectivity index (χ3v) is 5.44. The van der Waals surface area contributed by atoms with E-state index in [0.717, 1.165) is 25.1 Å². The van der Waals surface area contributed by atoms with Crippen LogP contribution in [0, 0.1) is 0 Å². The van der Waals surface area contributed by atoms with Gasteiger partial charge >= 0.3 is 0 Å². The number of hydrogen-bond donors (Lipinski definition) is 1. The zero-order chi connectivity index (χ0) is 18.6. The van der Waals surface area contributed by atoms with Crippen molar-refractivity contribution in [3.05, 3.63) is 22.7 Å². The van der Waals surface area contributed by atoms with Crippen molar-refractivity contribution >= 4 is 17.5 Å². The molecule has 26 heavy (non-hydrogen) atoms. The van der Waals surface area contributed by atoms with Crippen LogP contribution in [0.25, 0.3) is 0 Å². The van der Waals surface area contributed by atoms with Gasteiger partial charge in [0.25, 0.3) is 0 Å². The van der Waals surface area contributed by atoms with Gasteiger partial charge in [-0.3, -0.25) is 9.69 Å². The number of hydrogen-bond acceptors (Lipinski definition) is 4. The summed E-state index contributed by atoms with van der Waals surface area (Å²) in [5.74, 6) is 1.21. The van der Waals surface area contributed by atoms with Gasteiger partial charge in [0.05, 0.1) is 24.7 Å². The van der Waals surface area contributed by atoms with E-state index in [9.17, 15) is 4.79 Å². The topological polar surface area (TPSA) is 50.8 Å². The van der Waals surface area contributed by atoms with E-state index in [1.54, 1.807) is 6.07 Å². The van der Waals surface area contributed by atoms with E-state index in [4.69, 9.17) is 21.1 Å². The second-order valence-corrected chi connectivity index (χ2v) is 8.18. The monoisotopic (exact) mass is 380 g/mol. The zero-order valence-electron chi connectivity index (χ0n) is 15.8. The molecule has 0 aliphatic carbocycles. The molecule has 0 saturated carbocycles. The van der Waals surface area contributed by atoms with E-state index in [1.165, 1.54) is 19.3 Å². The molecule has 6 heteroatoms. The molecule has 1 saturated heterocycles. The van der Waals surface area contributed by atoms with Gasteiger partial charge < -0.3 is 14.8 Å². The maximum Gasteiger partial charge on any atom is 0.224 e. The summed E-state index contributed by atoms with van der Waals surface area (Å²) in [6, 6.07) is 3.66. The number of piperidine rings is 1. The Kier molecular flexibility index (Phi) is 6.30. The smallest absolute Gasteiger partial charge is 0.224 e. The summed E-state index contributed by atoms with van der Waals surface area (Å²) in [4.78, 5) is 14.9. The minimum Gasteiger partial charge on any atom is -0.489 e. The Morgan fingerprint density at radius 2 is 1.88 bits per heavy atom. The van der Waals surface area contributed by atoms with Gasteiger partial charge in [-0.1, -0.05) is 18.0 Å². The summed E-state index contributed by atoms with van der Waals surface area (Å²) in [7, 11) is 0. The molecular weight excluding hydrogens is 352 g/mol. The molecule has 0 radical (unpaired) electrons. The van der Waals surface area contributed by atoms with E-state index in [1.807, 2.05) is 6.07 Å². The standard InChI is InChI=1S/C20H29ClN2O3/c1-20(2,23-7-4-3-5-8-23)14-22-18(24)13-15-11-16(21)19-17(12-15)25-9-6-10-26-19/h11-12H,3-10,13-14H2,1-2H3,(H,22,24). The van der Waals surface area contributed by atoms with Gasteiger partial charge in [-0.15, -0.1) is 0 Å². The number of carbonyl (C=O) groups excluding carboxylic acids is 1. The first-order chi connectivity index (χ1) is 12.5. The van der Waals surface area contributed by atoms with Gasteiger partial charge in [-0.05, 0) is 57.5 Å². The second-order valence-electron chi connectivity index (χ2n) is 7.77. The molecule has 1 fully saturated rings. The van der Waals surface area contributed by atoms with Gasteiger partial charge in [-0.2, -0.15) is 0 Å². The van der Waals surface area contributed by atoms with Crippen LogP contribution in [0.3, 0.4) is 0 Å². The van der Waals surface area contributed by atoms with E-state index in [2.05, 4.69) is 24.1 Å². The van der Waals surface area contributed by atoms with Crippen LogP contribution >= 0.6 is 11.6 Å². The maximum atomic E-state index is 12.4. The van der Waals surface area contributed by atoms with E-state index in [0.29, 0.717) is 36.3 Å². The lowest BCUT2D eigenvalue weighted by atomic mass is 9.98.